The third kappa shape index (κ3) is 5.55. The van der Waals surface area contributed by atoms with Crippen LogP contribution in [0.5, 0.6) is 17.2 Å². The SMILES string of the molecule is COc1cc(C)ccc1Oc1cnn(C)c(=O)c1Nc1cccc(C(=O)NC(C)c2ccccc2)c1. The van der Waals surface area contributed by atoms with E-state index in [2.05, 4.69) is 15.7 Å². The number of nitrogens with one attached hydrogen (secondary N) is 2. The lowest BCUT2D eigenvalue weighted by Gasteiger charge is -2.16. The molecule has 0 aliphatic rings. The number of amides is 1. The molecule has 0 aliphatic heterocycles. The van der Waals surface area contributed by atoms with E-state index in [1.165, 1.54) is 10.9 Å². The fourth-order valence-corrected chi connectivity index (χ4v) is 3.68. The molecule has 8 heteroatoms. The second-order valence-corrected chi connectivity index (χ2v) is 8.38. The monoisotopic (exact) mass is 484 g/mol. The minimum atomic E-state index is -0.383. The van der Waals surface area contributed by atoms with E-state index in [1.807, 2.05) is 56.3 Å². The molecular formula is C28H28N4O4. The van der Waals surface area contributed by atoms with Crippen molar-refractivity contribution in [2.24, 2.45) is 7.05 Å². The number of benzene rings is 3. The van der Waals surface area contributed by atoms with Gasteiger partial charge in [0.15, 0.2) is 22.9 Å². The van der Waals surface area contributed by atoms with Crippen molar-refractivity contribution in [3.63, 3.8) is 0 Å². The number of aryl methyl sites for hydroxylation is 2. The second kappa shape index (κ2) is 10.8. The molecule has 0 fully saturated rings. The molecule has 1 aromatic heterocycles. The molecule has 1 amide bonds. The largest absolute Gasteiger partial charge is 0.493 e. The van der Waals surface area contributed by atoms with Gasteiger partial charge in [0.2, 0.25) is 0 Å². The third-order valence-corrected chi connectivity index (χ3v) is 5.68. The minimum Gasteiger partial charge on any atom is -0.493 e. The smallest absolute Gasteiger partial charge is 0.294 e. The number of hydrogen-bond donors (Lipinski definition) is 2. The van der Waals surface area contributed by atoms with E-state index in [-0.39, 0.29) is 28.9 Å². The molecule has 1 heterocycles. The van der Waals surface area contributed by atoms with Crippen molar-refractivity contribution in [2.45, 2.75) is 19.9 Å². The lowest BCUT2D eigenvalue weighted by Crippen LogP contribution is -2.26. The molecule has 0 bridgehead atoms. The van der Waals surface area contributed by atoms with Gasteiger partial charge < -0.3 is 20.1 Å². The van der Waals surface area contributed by atoms with Crippen LogP contribution in [0.15, 0.2) is 83.8 Å². The Morgan fingerprint density at radius 1 is 0.972 bits per heavy atom. The van der Waals surface area contributed by atoms with Gasteiger partial charge in [0.1, 0.15) is 0 Å². The van der Waals surface area contributed by atoms with E-state index >= 15 is 0 Å². The molecule has 0 aliphatic carbocycles. The Balaban J connectivity index is 1.59. The molecule has 2 N–H and O–H groups in total. The summed E-state index contributed by atoms with van der Waals surface area (Å²) in [6, 6.07) is 22.0. The Morgan fingerprint density at radius 3 is 2.50 bits per heavy atom. The molecule has 1 unspecified atom stereocenters. The van der Waals surface area contributed by atoms with Gasteiger partial charge in [-0.2, -0.15) is 5.10 Å². The Bertz CT molecular complexity index is 1430. The normalized spacial score (nSPS) is 11.4. The van der Waals surface area contributed by atoms with E-state index < -0.39 is 0 Å². The van der Waals surface area contributed by atoms with E-state index in [9.17, 15) is 9.59 Å². The number of anilines is 2. The zero-order valence-electron chi connectivity index (χ0n) is 20.6. The number of nitrogens with zero attached hydrogens (tertiary/aromatic N) is 2. The molecular weight excluding hydrogens is 456 g/mol. The summed E-state index contributed by atoms with van der Waals surface area (Å²) >= 11 is 0. The molecule has 0 radical (unpaired) electrons. The number of carbonyl (C=O) groups excluding carboxylic acids is 1. The van der Waals surface area contributed by atoms with Crippen molar-refractivity contribution in [1.82, 2.24) is 15.1 Å². The average Bonchev–Trinajstić information content (AvgIpc) is 2.89. The number of methoxy groups -OCH3 is 1. The second-order valence-electron chi connectivity index (χ2n) is 8.38. The van der Waals surface area contributed by atoms with Crippen molar-refractivity contribution < 1.29 is 14.3 Å². The molecule has 4 rings (SSSR count). The van der Waals surface area contributed by atoms with Gasteiger partial charge in [0.25, 0.3) is 11.5 Å². The van der Waals surface area contributed by atoms with Gasteiger partial charge in [-0.3, -0.25) is 9.59 Å². The summed E-state index contributed by atoms with van der Waals surface area (Å²) in [5.74, 6) is 0.989. The van der Waals surface area contributed by atoms with Crippen LogP contribution in [0.3, 0.4) is 0 Å². The van der Waals surface area contributed by atoms with Crippen LogP contribution in [-0.2, 0) is 7.05 Å². The molecule has 0 saturated heterocycles. The highest BCUT2D eigenvalue weighted by atomic mass is 16.5. The summed E-state index contributed by atoms with van der Waals surface area (Å²) in [5, 5.41) is 10.2. The number of ether oxygens (including phenoxy) is 2. The summed E-state index contributed by atoms with van der Waals surface area (Å²) in [6.07, 6.45) is 1.46. The summed E-state index contributed by atoms with van der Waals surface area (Å²) < 4.78 is 12.7. The first-order valence-corrected chi connectivity index (χ1v) is 11.5. The van der Waals surface area contributed by atoms with Crippen molar-refractivity contribution in [3.8, 4) is 17.2 Å². The highest BCUT2D eigenvalue weighted by molar-refractivity contribution is 5.95. The van der Waals surface area contributed by atoms with Crippen molar-refractivity contribution in [3.05, 3.63) is 106 Å². The van der Waals surface area contributed by atoms with Crippen LogP contribution in [0.25, 0.3) is 0 Å². The maximum atomic E-state index is 13.0. The van der Waals surface area contributed by atoms with Crippen LogP contribution in [0.2, 0.25) is 0 Å². The fraction of sp³-hybridized carbons (Fsp3) is 0.179. The Labute approximate surface area is 209 Å². The lowest BCUT2D eigenvalue weighted by atomic mass is 10.1. The van der Waals surface area contributed by atoms with Crippen molar-refractivity contribution >= 4 is 17.3 Å². The fourth-order valence-electron chi connectivity index (χ4n) is 3.68. The van der Waals surface area contributed by atoms with Crippen molar-refractivity contribution in [1.29, 1.82) is 0 Å². The van der Waals surface area contributed by atoms with Gasteiger partial charge in [-0.25, -0.2) is 4.68 Å². The maximum Gasteiger partial charge on any atom is 0.294 e. The first-order valence-electron chi connectivity index (χ1n) is 11.5. The first kappa shape index (κ1) is 24.5. The standard InChI is InChI=1S/C28H28N4O4/c1-18-13-14-23(24(15-18)35-4)36-25-17-29-32(3)28(34)26(25)31-22-12-8-11-21(16-22)27(33)30-19(2)20-9-6-5-7-10-20/h5-17,19,31H,1-4H3,(H,30,33). The molecule has 1 atom stereocenters. The maximum absolute atomic E-state index is 13.0. The van der Waals surface area contributed by atoms with Crippen LogP contribution in [-0.4, -0.2) is 22.8 Å². The lowest BCUT2D eigenvalue weighted by molar-refractivity contribution is 0.0940. The van der Waals surface area contributed by atoms with Crippen LogP contribution < -0.4 is 25.7 Å². The summed E-state index contributed by atoms with van der Waals surface area (Å²) in [6.45, 7) is 3.88. The van der Waals surface area contributed by atoms with Gasteiger partial charge in [-0.15, -0.1) is 0 Å². The zero-order valence-corrected chi connectivity index (χ0v) is 20.6. The minimum absolute atomic E-state index is 0.160. The van der Waals surface area contributed by atoms with Crippen molar-refractivity contribution in [2.75, 3.05) is 12.4 Å². The van der Waals surface area contributed by atoms with Crippen LogP contribution >= 0.6 is 0 Å². The molecule has 184 valence electrons. The molecule has 0 saturated carbocycles. The van der Waals surface area contributed by atoms with E-state index in [1.54, 1.807) is 44.5 Å². The zero-order chi connectivity index (χ0) is 25.7. The summed E-state index contributed by atoms with van der Waals surface area (Å²) in [5.41, 5.74) is 2.83. The summed E-state index contributed by atoms with van der Waals surface area (Å²) in [4.78, 5) is 25.9. The van der Waals surface area contributed by atoms with Crippen LogP contribution in [0.1, 0.15) is 34.5 Å². The predicted molar refractivity (Wildman–Crippen MR) is 139 cm³/mol. The first-order chi connectivity index (χ1) is 17.4. The Hall–Kier alpha value is -4.59. The van der Waals surface area contributed by atoms with Gasteiger partial charge in [-0.1, -0.05) is 42.5 Å². The molecule has 0 spiro atoms. The van der Waals surface area contributed by atoms with E-state index in [0.717, 1.165) is 11.1 Å². The molecule has 8 nitrogen and oxygen atoms in total. The average molecular weight is 485 g/mol. The quantitative estimate of drug-likeness (QED) is 0.360. The topological polar surface area (TPSA) is 94.5 Å². The van der Waals surface area contributed by atoms with Gasteiger partial charge in [-0.05, 0) is 55.3 Å². The third-order valence-electron chi connectivity index (χ3n) is 5.68. The van der Waals surface area contributed by atoms with Crippen LogP contribution in [0.4, 0.5) is 11.4 Å². The van der Waals surface area contributed by atoms with E-state index in [4.69, 9.17) is 9.47 Å². The Morgan fingerprint density at radius 2 is 1.75 bits per heavy atom. The molecule has 36 heavy (non-hydrogen) atoms. The van der Waals surface area contributed by atoms with Gasteiger partial charge in [0, 0.05) is 18.3 Å². The van der Waals surface area contributed by atoms with Gasteiger partial charge >= 0.3 is 0 Å². The van der Waals surface area contributed by atoms with Gasteiger partial charge in [0.05, 0.1) is 19.3 Å². The highest BCUT2D eigenvalue weighted by Gasteiger charge is 2.17. The van der Waals surface area contributed by atoms with Crippen LogP contribution in [0, 0.1) is 6.92 Å². The molecule has 3 aromatic carbocycles. The predicted octanol–water partition coefficient (Wildman–Crippen LogP) is 5.12. The number of rotatable bonds is 8. The molecule has 4 aromatic rings. The van der Waals surface area contributed by atoms with E-state index in [0.29, 0.717) is 22.7 Å². The summed E-state index contributed by atoms with van der Waals surface area (Å²) in [7, 11) is 3.11. The highest BCUT2D eigenvalue weighted by Crippen LogP contribution is 2.35. The Kier molecular flexibility index (Phi) is 7.34. The number of hydrogen-bond acceptors (Lipinski definition) is 6. The number of carbonyl (C=O) groups is 1. The number of aromatic nitrogens is 2.